The molecule has 2 N–H and O–H groups in total. The van der Waals surface area contributed by atoms with Crippen LogP contribution in [0, 0.1) is 34.5 Å². The standard InChI is InChI=1S/C21H30N2O3/c1-12(22-25)16-6-7-17-15-5-4-13-10-14(23-26)8-9-20(13,2)19(15)18(24)11-21(16,17)3/h10,15-17,19,25-26H,4-9,11H2,1-3H3/b22-12+,23-14-. The van der Waals surface area contributed by atoms with E-state index in [4.69, 9.17) is 5.21 Å². The van der Waals surface area contributed by atoms with Crippen LogP contribution in [0.1, 0.15) is 65.7 Å². The molecule has 4 rings (SSSR count). The van der Waals surface area contributed by atoms with Crippen LogP contribution < -0.4 is 0 Å². The monoisotopic (exact) mass is 358 g/mol. The molecule has 4 aliphatic carbocycles. The summed E-state index contributed by atoms with van der Waals surface area (Å²) < 4.78 is 0. The molecule has 0 amide bonds. The summed E-state index contributed by atoms with van der Waals surface area (Å²) in [5, 5.41) is 25.4. The number of carbonyl (C=O) groups is 1. The Hall–Kier alpha value is -1.65. The van der Waals surface area contributed by atoms with E-state index >= 15 is 0 Å². The van der Waals surface area contributed by atoms with Crippen LogP contribution in [-0.2, 0) is 4.79 Å². The van der Waals surface area contributed by atoms with Crippen LogP contribution in [0.15, 0.2) is 22.0 Å². The average Bonchev–Trinajstić information content (AvgIpc) is 2.96. The van der Waals surface area contributed by atoms with Crippen molar-refractivity contribution < 1.29 is 15.2 Å². The number of allylic oxidation sites excluding steroid dienone is 2. The molecular weight excluding hydrogens is 328 g/mol. The van der Waals surface area contributed by atoms with Crippen molar-refractivity contribution in [2.45, 2.75) is 65.7 Å². The first-order valence-corrected chi connectivity index (χ1v) is 9.98. The van der Waals surface area contributed by atoms with Gasteiger partial charge in [-0.3, -0.25) is 4.79 Å². The molecule has 0 saturated heterocycles. The van der Waals surface area contributed by atoms with E-state index in [1.807, 2.05) is 13.0 Å². The summed E-state index contributed by atoms with van der Waals surface area (Å²) in [7, 11) is 0. The third kappa shape index (κ3) is 2.25. The second-order valence-electron chi connectivity index (χ2n) is 9.49. The molecule has 0 spiro atoms. The first-order valence-electron chi connectivity index (χ1n) is 9.98. The normalized spacial score (nSPS) is 47.2. The Morgan fingerprint density at radius 1 is 1.19 bits per heavy atom. The lowest BCUT2D eigenvalue weighted by Crippen LogP contribution is -2.55. The van der Waals surface area contributed by atoms with Crippen molar-refractivity contribution >= 4 is 17.2 Å². The van der Waals surface area contributed by atoms with E-state index < -0.39 is 0 Å². The smallest absolute Gasteiger partial charge is 0.137 e. The van der Waals surface area contributed by atoms with Gasteiger partial charge in [-0.1, -0.05) is 29.7 Å². The molecule has 0 aromatic rings. The van der Waals surface area contributed by atoms with Gasteiger partial charge in [0.05, 0.1) is 11.4 Å². The van der Waals surface area contributed by atoms with Crippen LogP contribution in [0.3, 0.4) is 0 Å². The lowest BCUT2D eigenvalue weighted by molar-refractivity contribution is -0.144. The second kappa shape index (κ2) is 5.93. The topological polar surface area (TPSA) is 82.2 Å². The Morgan fingerprint density at radius 3 is 2.65 bits per heavy atom. The maximum absolute atomic E-state index is 13.4. The molecule has 6 atom stereocenters. The van der Waals surface area contributed by atoms with E-state index in [1.54, 1.807) is 0 Å². The highest BCUT2D eigenvalue weighted by atomic mass is 16.4. The molecule has 5 nitrogen and oxygen atoms in total. The maximum Gasteiger partial charge on any atom is 0.137 e. The highest BCUT2D eigenvalue weighted by Crippen LogP contribution is 2.65. The first-order chi connectivity index (χ1) is 12.3. The molecule has 0 bridgehead atoms. The van der Waals surface area contributed by atoms with Crippen molar-refractivity contribution in [3.8, 4) is 0 Å². The Balaban J connectivity index is 1.72. The van der Waals surface area contributed by atoms with Crippen LogP contribution in [-0.4, -0.2) is 27.6 Å². The van der Waals surface area contributed by atoms with E-state index in [-0.39, 0.29) is 22.7 Å². The molecule has 0 aromatic carbocycles. The van der Waals surface area contributed by atoms with Crippen molar-refractivity contribution in [3.63, 3.8) is 0 Å². The van der Waals surface area contributed by atoms with Crippen molar-refractivity contribution in [1.29, 1.82) is 0 Å². The van der Waals surface area contributed by atoms with Gasteiger partial charge in [0.2, 0.25) is 0 Å². The van der Waals surface area contributed by atoms with Crippen LogP contribution in [0.4, 0.5) is 0 Å². The Morgan fingerprint density at radius 2 is 1.96 bits per heavy atom. The number of oxime groups is 2. The molecule has 0 aliphatic heterocycles. The van der Waals surface area contributed by atoms with Gasteiger partial charge in [-0.15, -0.1) is 0 Å². The number of Topliss-reactive ketones (excluding diaryl/α,β-unsaturated/α-hetero) is 1. The number of hydrogen-bond acceptors (Lipinski definition) is 5. The van der Waals surface area contributed by atoms with Crippen molar-refractivity contribution in [2.24, 2.45) is 44.8 Å². The molecule has 6 unspecified atom stereocenters. The fraction of sp³-hybridized carbons (Fsp3) is 0.762. The molecule has 0 radical (unpaired) electrons. The minimum absolute atomic E-state index is 0.0709. The van der Waals surface area contributed by atoms with Gasteiger partial charge < -0.3 is 10.4 Å². The fourth-order valence-electron chi connectivity index (χ4n) is 7.23. The SMILES string of the molecule is C/C(=N\O)C1CCC2C3CCC4=C/C(=N\O)CCC4(C)C3C(=O)CC12C. The van der Waals surface area contributed by atoms with Gasteiger partial charge in [-0.25, -0.2) is 0 Å². The Labute approximate surface area is 155 Å². The summed E-state index contributed by atoms with van der Waals surface area (Å²) in [6.07, 6.45) is 8.46. The zero-order valence-electron chi connectivity index (χ0n) is 16.0. The predicted molar refractivity (Wildman–Crippen MR) is 99.7 cm³/mol. The summed E-state index contributed by atoms with van der Waals surface area (Å²) in [5.41, 5.74) is 2.68. The number of rotatable bonds is 1. The first kappa shape index (κ1) is 17.7. The average molecular weight is 358 g/mol. The summed E-state index contributed by atoms with van der Waals surface area (Å²) >= 11 is 0. The van der Waals surface area contributed by atoms with Crippen molar-refractivity contribution in [1.82, 2.24) is 0 Å². The van der Waals surface area contributed by atoms with E-state index in [1.165, 1.54) is 5.57 Å². The zero-order chi connectivity index (χ0) is 18.7. The highest BCUT2D eigenvalue weighted by molar-refractivity contribution is 5.97. The van der Waals surface area contributed by atoms with Crippen LogP contribution in [0.2, 0.25) is 0 Å². The minimum atomic E-state index is -0.0896. The number of ketones is 1. The number of carbonyl (C=O) groups excluding carboxylic acids is 1. The summed E-state index contributed by atoms with van der Waals surface area (Å²) in [4.78, 5) is 13.4. The van der Waals surface area contributed by atoms with Gasteiger partial charge >= 0.3 is 0 Å². The van der Waals surface area contributed by atoms with Gasteiger partial charge in [0.25, 0.3) is 0 Å². The van der Waals surface area contributed by atoms with Crippen LogP contribution in [0.25, 0.3) is 0 Å². The number of hydrogen-bond donors (Lipinski definition) is 2. The van der Waals surface area contributed by atoms with E-state index in [0.717, 1.165) is 49.9 Å². The van der Waals surface area contributed by atoms with E-state index in [9.17, 15) is 10.0 Å². The van der Waals surface area contributed by atoms with Gasteiger partial charge in [-0.2, -0.15) is 0 Å². The minimum Gasteiger partial charge on any atom is -0.411 e. The van der Waals surface area contributed by atoms with Crippen LogP contribution >= 0.6 is 0 Å². The van der Waals surface area contributed by atoms with Crippen molar-refractivity contribution in [2.75, 3.05) is 0 Å². The predicted octanol–water partition coefficient (Wildman–Crippen LogP) is 4.42. The molecule has 5 heteroatoms. The molecular formula is C21H30N2O3. The summed E-state index contributed by atoms with van der Waals surface area (Å²) in [5.74, 6) is 1.65. The lowest BCUT2D eigenvalue weighted by atomic mass is 9.46. The fourth-order valence-corrected chi connectivity index (χ4v) is 7.23. The molecule has 26 heavy (non-hydrogen) atoms. The maximum atomic E-state index is 13.4. The van der Waals surface area contributed by atoms with E-state index in [0.29, 0.717) is 24.0 Å². The third-order valence-electron chi connectivity index (χ3n) is 8.46. The Bertz CT molecular complexity index is 725. The molecule has 142 valence electrons. The second-order valence-corrected chi connectivity index (χ2v) is 9.49. The molecule has 0 aromatic heterocycles. The molecule has 4 aliphatic rings. The Kier molecular flexibility index (Phi) is 4.05. The lowest BCUT2D eigenvalue weighted by Gasteiger charge is -2.57. The molecule has 3 saturated carbocycles. The number of fused-ring (bicyclic) bond motifs is 5. The largest absolute Gasteiger partial charge is 0.411 e. The number of nitrogens with zero attached hydrogens (tertiary/aromatic N) is 2. The van der Waals surface area contributed by atoms with Crippen LogP contribution in [0.5, 0.6) is 0 Å². The van der Waals surface area contributed by atoms with Gasteiger partial charge in [-0.05, 0) is 74.2 Å². The molecule has 3 fully saturated rings. The van der Waals surface area contributed by atoms with Gasteiger partial charge in [0.1, 0.15) is 5.78 Å². The van der Waals surface area contributed by atoms with Gasteiger partial charge in [0.15, 0.2) is 0 Å². The summed E-state index contributed by atoms with van der Waals surface area (Å²) in [6.45, 7) is 6.41. The quantitative estimate of drug-likeness (QED) is 0.413. The van der Waals surface area contributed by atoms with Gasteiger partial charge in [0, 0.05) is 18.3 Å². The zero-order valence-corrected chi connectivity index (χ0v) is 16.0. The third-order valence-corrected chi connectivity index (χ3v) is 8.46. The highest BCUT2D eigenvalue weighted by Gasteiger charge is 2.62. The molecule has 0 heterocycles. The van der Waals surface area contributed by atoms with Crippen molar-refractivity contribution in [3.05, 3.63) is 11.6 Å². The van der Waals surface area contributed by atoms with E-state index in [2.05, 4.69) is 24.2 Å². The summed E-state index contributed by atoms with van der Waals surface area (Å²) in [6, 6.07) is 0.